The fourth-order valence-electron chi connectivity index (χ4n) is 3.14. The second-order valence-corrected chi connectivity index (χ2v) is 7.02. The number of aliphatic hydroxyl groups excluding tert-OH is 1. The summed E-state index contributed by atoms with van der Waals surface area (Å²) < 4.78 is 95.4. The normalized spacial score (nSPS) is 20.8. The highest BCUT2D eigenvalue weighted by atomic mass is 19.4. The monoisotopic (exact) mass is 464 g/mol. The summed E-state index contributed by atoms with van der Waals surface area (Å²) in [6.07, 6.45) is -10.6. The maximum atomic E-state index is 14.7. The van der Waals surface area contributed by atoms with E-state index in [1.807, 2.05) is 0 Å². The second-order valence-electron chi connectivity index (χ2n) is 7.02. The molecule has 0 aromatic heterocycles. The second kappa shape index (κ2) is 7.85. The summed E-state index contributed by atoms with van der Waals surface area (Å²) in [5.74, 6) is -14.8. The third-order valence-electron chi connectivity index (χ3n) is 4.90. The summed E-state index contributed by atoms with van der Waals surface area (Å²) >= 11 is 0. The van der Waals surface area contributed by atoms with E-state index in [0.29, 0.717) is 0 Å². The fourth-order valence-corrected chi connectivity index (χ4v) is 3.14. The SMILES string of the molecule is O=C([C@@H](O)c1ccccc1)N1N=C(c2ccccc2)C[C@]1(O)C(F)(F)C(F)(F)C(F)(F)F. The number of carbonyl (C=O) groups excluding carboxylic acids is 1. The van der Waals surface area contributed by atoms with Gasteiger partial charge in [-0.05, 0) is 11.1 Å². The first kappa shape index (κ1) is 23.7. The number of hydrogen-bond donors (Lipinski definition) is 2. The third kappa shape index (κ3) is 3.62. The average molecular weight is 464 g/mol. The van der Waals surface area contributed by atoms with Crippen molar-refractivity contribution in [1.82, 2.24) is 5.01 Å². The molecular weight excluding hydrogens is 449 g/mol. The van der Waals surface area contributed by atoms with Crippen molar-refractivity contribution < 1.29 is 45.7 Å². The predicted octanol–water partition coefficient (Wildman–Crippen LogP) is 3.88. The van der Waals surface area contributed by atoms with Crippen LogP contribution in [0.15, 0.2) is 65.8 Å². The van der Waals surface area contributed by atoms with Crippen LogP contribution in [0.2, 0.25) is 0 Å². The first-order chi connectivity index (χ1) is 14.7. The Bertz CT molecular complexity index is 1010. The highest BCUT2D eigenvalue weighted by Crippen LogP contribution is 2.54. The Hall–Kier alpha value is -2.99. The van der Waals surface area contributed by atoms with Gasteiger partial charge in [0.2, 0.25) is 5.72 Å². The first-order valence-corrected chi connectivity index (χ1v) is 8.99. The summed E-state index contributed by atoms with van der Waals surface area (Å²) in [4.78, 5) is 12.7. The lowest BCUT2D eigenvalue weighted by Gasteiger charge is -2.41. The van der Waals surface area contributed by atoms with Crippen LogP contribution in [0.5, 0.6) is 0 Å². The lowest BCUT2D eigenvalue weighted by Crippen LogP contribution is -2.69. The molecule has 0 fully saturated rings. The molecule has 2 aromatic rings. The third-order valence-corrected chi connectivity index (χ3v) is 4.90. The van der Waals surface area contributed by atoms with Crippen LogP contribution in [-0.4, -0.2) is 50.6 Å². The van der Waals surface area contributed by atoms with Crippen molar-refractivity contribution in [2.45, 2.75) is 36.3 Å². The molecule has 2 atom stereocenters. The highest BCUT2D eigenvalue weighted by molar-refractivity contribution is 6.03. The minimum absolute atomic E-state index is 0.0125. The van der Waals surface area contributed by atoms with E-state index in [-0.39, 0.29) is 11.1 Å². The van der Waals surface area contributed by atoms with E-state index in [0.717, 1.165) is 0 Å². The zero-order valence-electron chi connectivity index (χ0n) is 15.9. The zero-order valence-corrected chi connectivity index (χ0v) is 15.9. The molecule has 2 N–H and O–H groups in total. The van der Waals surface area contributed by atoms with Gasteiger partial charge in [-0.1, -0.05) is 60.7 Å². The molecule has 0 aliphatic carbocycles. The molecule has 3 rings (SSSR count). The Morgan fingerprint density at radius 1 is 0.938 bits per heavy atom. The van der Waals surface area contributed by atoms with Crippen LogP contribution in [0.25, 0.3) is 0 Å². The van der Waals surface area contributed by atoms with E-state index in [1.54, 1.807) is 0 Å². The van der Waals surface area contributed by atoms with Gasteiger partial charge in [-0.3, -0.25) is 4.79 Å². The molecule has 0 radical (unpaired) electrons. The number of alkyl halides is 7. The molecule has 32 heavy (non-hydrogen) atoms. The zero-order chi connectivity index (χ0) is 23.9. The van der Waals surface area contributed by atoms with Crippen molar-refractivity contribution in [2.75, 3.05) is 0 Å². The van der Waals surface area contributed by atoms with Crippen LogP contribution in [0.3, 0.4) is 0 Å². The van der Waals surface area contributed by atoms with E-state index in [2.05, 4.69) is 5.10 Å². The number of nitrogens with zero attached hydrogens (tertiary/aromatic N) is 2. The van der Waals surface area contributed by atoms with Gasteiger partial charge >= 0.3 is 18.0 Å². The Balaban J connectivity index is 2.12. The van der Waals surface area contributed by atoms with Crippen LogP contribution in [-0.2, 0) is 4.79 Å². The van der Waals surface area contributed by atoms with Crippen LogP contribution in [0.1, 0.15) is 23.7 Å². The maximum absolute atomic E-state index is 14.7. The maximum Gasteiger partial charge on any atom is 0.460 e. The summed E-state index contributed by atoms with van der Waals surface area (Å²) in [7, 11) is 0. The van der Waals surface area contributed by atoms with Crippen molar-refractivity contribution in [3.63, 3.8) is 0 Å². The number of hydrogen-bond acceptors (Lipinski definition) is 4. The number of benzene rings is 2. The quantitative estimate of drug-likeness (QED) is 0.660. The van der Waals surface area contributed by atoms with Crippen LogP contribution >= 0.6 is 0 Å². The van der Waals surface area contributed by atoms with E-state index in [9.17, 15) is 45.7 Å². The van der Waals surface area contributed by atoms with Gasteiger partial charge < -0.3 is 10.2 Å². The lowest BCUT2D eigenvalue weighted by molar-refractivity contribution is -0.401. The van der Waals surface area contributed by atoms with Gasteiger partial charge in [0.15, 0.2) is 6.10 Å². The Morgan fingerprint density at radius 3 is 1.94 bits per heavy atom. The summed E-state index contributed by atoms with van der Waals surface area (Å²) in [5.41, 5.74) is -5.18. The van der Waals surface area contributed by atoms with Crippen molar-refractivity contribution in [1.29, 1.82) is 0 Å². The van der Waals surface area contributed by atoms with Gasteiger partial charge in [0.1, 0.15) is 0 Å². The number of amides is 1. The Kier molecular flexibility index (Phi) is 5.81. The van der Waals surface area contributed by atoms with Gasteiger partial charge in [-0.25, -0.2) is 0 Å². The first-order valence-electron chi connectivity index (χ1n) is 8.99. The molecule has 0 saturated carbocycles. The number of aliphatic hydroxyl groups is 2. The molecule has 0 bridgehead atoms. The molecule has 2 aromatic carbocycles. The highest BCUT2D eigenvalue weighted by Gasteiger charge is 2.82. The average Bonchev–Trinajstić information content (AvgIpc) is 3.12. The van der Waals surface area contributed by atoms with Crippen molar-refractivity contribution in [3.05, 3.63) is 71.8 Å². The molecule has 1 heterocycles. The molecular formula is C20H15F7N2O3. The van der Waals surface area contributed by atoms with Crippen LogP contribution in [0, 0.1) is 0 Å². The smallest absolute Gasteiger partial charge is 0.378 e. The van der Waals surface area contributed by atoms with Crippen molar-refractivity contribution >= 4 is 11.6 Å². The van der Waals surface area contributed by atoms with E-state index >= 15 is 0 Å². The van der Waals surface area contributed by atoms with Gasteiger partial charge in [0.05, 0.1) is 5.71 Å². The molecule has 0 unspecified atom stereocenters. The number of rotatable bonds is 5. The largest absolute Gasteiger partial charge is 0.460 e. The topological polar surface area (TPSA) is 73.1 Å². The summed E-state index contributed by atoms with van der Waals surface area (Å²) in [6.45, 7) is 0. The van der Waals surface area contributed by atoms with E-state index in [1.165, 1.54) is 60.7 Å². The molecule has 0 spiro atoms. The van der Waals surface area contributed by atoms with Crippen LogP contribution in [0.4, 0.5) is 30.7 Å². The minimum Gasteiger partial charge on any atom is -0.378 e. The van der Waals surface area contributed by atoms with E-state index < -0.39 is 52.9 Å². The summed E-state index contributed by atoms with van der Waals surface area (Å²) in [5, 5.41) is 23.6. The van der Waals surface area contributed by atoms with E-state index in [4.69, 9.17) is 0 Å². The standard InChI is InChI=1S/C20H15F7N2O3/c21-18(22,19(23,24)20(25,26)27)17(32)11-14(12-7-3-1-4-8-12)28-29(17)16(31)15(30)13-9-5-2-6-10-13/h1-10,15,30,32H,11H2/t15-,17-/m0/s1. The number of carbonyl (C=O) groups is 1. The molecule has 1 amide bonds. The minimum atomic E-state index is -6.76. The molecule has 1 aliphatic heterocycles. The molecule has 5 nitrogen and oxygen atoms in total. The molecule has 0 saturated heterocycles. The Morgan fingerprint density at radius 2 is 1.44 bits per heavy atom. The summed E-state index contributed by atoms with van der Waals surface area (Å²) in [6, 6.07) is 13.4. The van der Waals surface area contributed by atoms with Gasteiger partial charge in [0, 0.05) is 6.42 Å². The Labute approximate surface area is 176 Å². The molecule has 1 aliphatic rings. The molecule has 172 valence electrons. The van der Waals surface area contributed by atoms with Crippen molar-refractivity contribution in [2.24, 2.45) is 5.10 Å². The van der Waals surface area contributed by atoms with Crippen molar-refractivity contribution in [3.8, 4) is 0 Å². The lowest BCUT2D eigenvalue weighted by atomic mass is 9.91. The van der Waals surface area contributed by atoms with Gasteiger partial charge in [-0.2, -0.15) is 40.8 Å². The van der Waals surface area contributed by atoms with Gasteiger partial charge in [0.25, 0.3) is 5.91 Å². The number of halogens is 7. The predicted molar refractivity (Wildman–Crippen MR) is 96.7 cm³/mol. The van der Waals surface area contributed by atoms with Crippen LogP contribution < -0.4 is 0 Å². The molecule has 12 heteroatoms. The fraction of sp³-hybridized carbons (Fsp3) is 0.300. The number of hydrazone groups is 1. The van der Waals surface area contributed by atoms with Gasteiger partial charge in [-0.15, -0.1) is 0 Å².